The zero-order valence-electron chi connectivity index (χ0n) is 16.5. The molecule has 2 heterocycles. The van der Waals surface area contributed by atoms with E-state index >= 15 is 0 Å². The van der Waals surface area contributed by atoms with Gasteiger partial charge in [-0.2, -0.15) is 0 Å². The topological polar surface area (TPSA) is 170 Å². The molecule has 0 aliphatic rings. The number of fused-ring (bicyclic) bond motifs is 2. The highest BCUT2D eigenvalue weighted by Gasteiger charge is 2.13. The van der Waals surface area contributed by atoms with Gasteiger partial charge in [-0.3, -0.25) is 9.59 Å². The number of amides is 2. The van der Waals surface area contributed by atoms with Crippen LogP contribution in [0.25, 0.3) is 21.8 Å². The third-order valence-corrected chi connectivity index (χ3v) is 4.96. The second-order valence-corrected chi connectivity index (χ2v) is 7.14. The zero-order valence-corrected chi connectivity index (χ0v) is 16.5. The summed E-state index contributed by atoms with van der Waals surface area (Å²) >= 11 is 0. The van der Waals surface area contributed by atoms with Crippen LogP contribution in [0.15, 0.2) is 60.9 Å². The number of H-pyrrole nitrogens is 2. The number of hydrogen-bond donors (Lipinski definition) is 6. The predicted molar refractivity (Wildman–Crippen MR) is 118 cm³/mol. The molecule has 4 rings (SSSR count). The second-order valence-electron chi connectivity index (χ2n) is 7.14. The third-order valence-electron chi connectivity index (χ3n) is 4.96. The number of hydrogen-bond acceptors (Lipinski definition) is 4. The highest BCUT2D eigenvalue weighted by Crippen LogP contribution is 2.19. The van der Waals surface area contributed by atoms with Gasteiger partial charge in [-0.05, 0) is 36.1 Å². The average Bonchev–Trinajstić information content (AvgIpc) is 3.33. The number of nitrogens with two attached hydrogens (primary N) is 4. The Labute approximate surface area is 173 Å². The minimum Gasteiger partial charge on any atom is -0.368 e. The highest BCUT2D eigenvalue weighted by molar-refractivity contribution is 5.86. The van der Waals surface area contributed by atoms with Gasteiger partial charge >= 0.3 is 0 Å². The first-order chi connectivity index (χ1) is 14.4. The van der Waals surface area contributed by atoms with Crippen LogP contribution >= 0.6 is 0 Å². The summed E-state index contributed by atoms with van der Waals surface area (Å²) in [4.78, 5) is 27.9. The molecule has 0 spiro atoms. The van der Waals surface area contributed by atoms with Crippen molar-refractivity contribution in [2.24, 2.45) is 22.9 Å². The maximum Gasteiger partial charge on any atom is 0.234 e. The summed E-state index contributed by atoms with van der Waals surface area (Å²) in [6.45, 7) is 0. The molecule has 0 radical (unpaired) electrons. The van der Waals surface area contributed by atoms with Crippen LogP contribution in [-0.4, -0.2) is 33.9 Å². The van der Waals surface area contributed by atoms with E-state index in [-0.39, 0.29) is 0 Å². The number of carbonyl (C=O) groups excluding carboxylic acids is 2. The van der Waals surface area contributed by atoms with Crippen molar-refractivity contribution in [1.82, 2.24) is 9.97 Å². The minimum absolute atomic E-state index is 0.472. The van der Waals surface area contributed by atoms with E-state index in [9.17, 15) is 9.59 Å². The standard InChI is InChI=1S/2C11H13N3O/c2*12-9(11(13)15)5-7-6-14-10-4-2-1-3-8(7)10/h2*1-4,6,9,14H,5,12H2,(H2,13,15)/t2*9-/m00/s1. The van der Waals surface area contributed by atoms with Crippen molar-refractivity contribution in [3.63, 3.8) is 0 Å². The molecule has 156 valence electrons. The van der Waals surface area contributed by atoms with Gasteiger partial charge < -0.3 is 32.9 Å². The highest BCUT2D eigenvalue weighted by atomic mass is 16.1. The van der Waals surface area contributed by atoms with Gasteiger partial charge in [-0.25, -0.2) is 0 Å². The fourth-order valence-electron chi connectivity index (χ4n) is 3.28. The van der Waals surface area contributed by atoms with Gasteiger partial charge in [0.1, 0.15) is 0 Å². The summed E-state index contributed by atoms with van der Waals surface area (Å²) in [7, 11) is 0. The van der Waals surface area contributed by atoms with E-state index in [2.05, 4.69) is 9.97 Å². The fourth-order valence-corrected chi connectivity index (χ4v) is 3.28. The smallest absolute Gasteiger partial charge is 0.234 e. The first-order valence-electron chi connectivity index (χ1n) is 9.56. The Balaban J connectivity index is 0.000000171. The molecule has 0 aliphatic heterocycles. The predicted octanol–water partition coefficient (Wildman–Crippen LogP) is 1.05. The van der Waals surface area contributed by atoms with Crippen molar-refractivity contribution in [1.29, 1.82) is 0 Å². The summed E-state index contributed by atoms with van der Waals surface area (Å²) in [5, 5.41) is 2.18. The molecule has 0 saturated carbocycles. The molecule has 8 nitrogen and oxygen atoms in total. The molecule has 0 bridgehead atoms. The molecule has 4 aromatic rings. The lowest BCUT2D eigenvalue weighted by Crippen LogP contribution is -2.38. The van der Waals surface area contributed by atoms with Crippen LogP contribution in [0.5, 0.6) is 0 Å². The summed E-state index contributed by atoms with van der Waals surface area (Å²) in [6, 6.07) is 14.5. The Bertz CT molecular complexity index is 1070. The van der Waals surface area contributed by atoms with E-state index in [0.717, 1.165) is 32.9 Å². The quantitative estimate of drug-likeness (QED) is 0.281. The van der Waals surface area contributed by atoms with Crippen molar-refractivity contribution in [2.75, 3.05) is 0 Å². The van der Waals surface area contributed by atoms with Crippen LogP contribution in [-0.2, 0) is 22.4 Å². The molecule has 30 heavy (non-hydrogen) atoms. The number of carbonyl (C=O) groups is 2. The van der Waals surface area contributed by atoms with E-state index in [1.165, 1.54) is 0 Å². The van der Waals surface area contributed by atoms with Gasteiger partial charge in [0.25, 0.3) is 0 Å². The molecule has 2 aromatic heterocycles. The molecule has 8 heteroatoms. The van der Waals surface area contributed by atoms with Crippen molar-refractivity contribution >= 4 is 33.6 Å². The van der Waals surface area contributed by atoms with Crippen molar-refractivity contribution in [3.05, 3.63) is 72.1 Å². The number of nitrogens with one attached hydrogen (secondary N) is 2. The number of benzene rings is 2. The molecule has 2 aromatic carbocycles. The lowest BCUT2D eigenvalue weighted by atomic mass is 10.1. The first kappa shape index (κ1) is 21.1. The van der Waals surface area contributed by atoms with Crippen LogP contribution in [0.1, 0.15) is 11.1 Å². The monoisotopic (exact) mass is 406 g/mol. The molecule has 10 N–H and O–H groups in total. The van der Waals surface area contributed by atoms with E-state index in [1.807, 2.05) is 60.9 Å². The van der Waals surface area contributed by atoms with E-state index in [1.54, 1.807) is 0 Å². The van der Waals surface area contributed by atoms with E-state index in [0.29, 0.717) is 12.8 Å². The first-order valence-corrected chi connectivity index (χ1v) is 9.56. The van der Waals surface area contributed by atoms with Crippen LogP contribution < -0.4 is 22.9 Å². The minimum atomic E-state index is -0.621. The SMILES string of the molecule is NC(=O)[C@@H](N)Cc1c[nH]c2ccccc12.NC(=O)[C@@H](N)Cc1c[nH]c2ccccc12. The van der Waals surface area contributed by atoms with Crippen LogP contribution in [0.4, 0.5) is 0 Å². The zero-order chi connectivity index (χ0) is 21.7. The van der Waals surface area contributed by atoms with Gasteiger partial charge in [0.2, 0.25) is 11.8 Å². The van der Waals surface area contributed by atoms with Gasteiger partial charge in [-0.15, -0.1) is 0 Å². The number of aromatic amines is 2. The maximum atomic E-state index is 10.8. The molecule has 2 atom stereocenters. The Hall–Kier alpha value is -3.62. The Morgan fingerprint density at radius 1 is 0.700 bits per heavy atom. The Kier molecular flexibility index (Phi) is 6.51. The van der Waals surface area contributed by atoms with Gasteiger partial charge in [0, 0.05) is 34.2 Å². The summed E-state index contributed by atoms with van der Waals surface area (Å²) < 4.78 is 0. The third kappa shape index (κ3) is 4.86. The summed E-state index contributed by atoms with van der Waals surface area (Å²) in [5.74, 6) is -0.944. The molecule has 2 amide bonds. The Morgan fingerprint density at radius 2 is 1.07 bits per heavy atom. The number of primary amides is 2. The largest absolute Gasteiger partial charge is 0.368 e. The maximum absolute atomic E-state index is 10.8. The van der Waals surface area contributed by atoms with Gasteiger partial charge in [0.05, 0.1) is 12.1 Å². The van der Waals surface area contributed by atoms with Crippen molar-refractivity contribution < 1.29 is 9.59 Å². The average molecular weight is 406 g/mol. The number of para-hydroxylation sites is 2. The summed E-state index contributed by atoms with van der Waals surface area (Å²) in [5.41, 5.74) is 25.6. The molecule has 0 unspecified atom stereocenters. The normalized spacial score (nSPS) is 12.9. The molecular weight excluding hydrogens is 380 g/mol. The van der Waals surface area contributed by atoms with Crippen molar-refractivity contribution in [3.8, 4) is 0 Å². The number of rotatable bonds is 6. The van der Waals surface area contributed by atoms with E-state index in [4.69, 9.17) is 22.9 Å². The molecular formula is C22H26N6O2. The van der Waals surface area contributed by atoms with Gasteiger partial charge in [-0.1, -0.05) is 36.4 Å². The lowest BCUT2D eigenvalue weighted by Gasteiger charge is -2.05. The lowest BCUT2D eigenvalue weighted by molar-refractivity contribution is -0.120. The van der Waals surface area contributed by atoms with Crippen molar-refractivity contribution in [2.45, 2.75) is 24.9 Å². The van der Waals surface area contributed by atoms with Gasteiger partial charge in [0.15, 0.2) is 0 Å². The number of aromatic nitrogens is 2. The molecule has 0 aliphatic carbocycles. The fraction of sp³-hybridized carbons (Fsp3) is 0.182. The molecule has 0 fully saturated rings. The van der Waals surface area contributed by atoms with Crippen LogP contribution in [0.2, 0.25) is 0 Å². The van der Waals surface area contributed by atoms with Crippen LogP contribution in [0.3, 0.4) is 0 Å². The summed E-state index contributed by atoms with van der Waals surface area (Å²) in [6.07, 6.45) is 4.68. The second kappa shape index (κ2) is 9.25. The molecule has 0 saturated heterocycles. The van der Waals surface area contributed by atoms with E-state index < -0.39 is 23.9 Å². The Morgan fingerprint density at radius 3 is 1.43 bits per heavy atom. The van der Waals surface area contributed by atoms with Crippen LogP contribution in [0, 0.1) is 0 Å².